The van der Waals surface area contributed by atoms with Crippen LogP contribution in [0.2, 0.25) is 0 Å². The van der Waals surface area contributed by atoms with Gasteiger partial charge < -0.3 is 5.32 Å². The zero-order valence-electron chi connectivity index (χ0n) is 10.3. The molecule has 1 atom stereocenters. The monoisotopic (exact) mass is 261 g/mol. The Labute approximate surface area is 104 Å². The van der Waals surface area contributed by atoms with Crippen LogP contribution in [-0.4, -0.2) is 45.4 Å². The molecule has 2 heterocycles. The molecule has 17 heavy (non-hydrogen) atoms. The fourth-order valence-corrected chi connectivity index (χ4v) is 3.89. The Balaban J connectivity index is 1.79. The minimum Gasteiger partial charge on any atom is -0.316 e. The summed E-state index contributed by atoms with van der Waals surface area (Å²) in [7, 11) is -3.23. The zero-order chi connectivity index (χ0) is 12.1. The van der Waals surface area contributed by atoms with Crippen LogP contribution in [0, 0.1) is 5.92 Å². The number of piperidine rings is 2. The Morgan fingerprint density at radius 2 is 1.94 bits per heavy atom. The van der Waals surface area contributed by atoms with Crippen LogP contribution < -0.4 is 10.0 Å². The SMILES string of the molecule is O=S(=O)(NCC1CCCNC1)N1CCCCC1. The Bertz CT molecular complexity index is 320. The molecule has 2 saturated heterocycles. The predicted molar refractivity (Wildman–Crippen MR) is 67.9 cm³/mol. The summed E-state index contributed by atoms with van der Waals surface area (Å²) < 4.78 is 28.4. The molecule has 0 amide bonds. The zero-order valence-corrected chi connectivity index (χ0v) is 11.1. The second-order valence-electron chi connectivity index (χ2n) is 5.03. The molecule has 0 aliphatic carbocycles. The normalized spacial score (nSPS) is 28.1. The molecule has 0 aromatic heterocycles. The van der Waals surface area contributed by atoms with Crippen molar-refractivity contribution >= 4 is 10.2 Å². The van der Waals surface area contributed by atoms with Gasteiger partial charge in [-0.15, -0.1) is 0 Å². The van der Waals surface area contributed by atoms with Gasteiger partial charge in [-0.3, -0.25) is 0 Å². The lowest BCUT2D eigenvalue weighted by Gasteiger charge is -2.28. The Kier molecular flexibility index (Phi) is 4.78. The van der Waals surface area contributed by atoms with Gasteiger partial charge in [0.05, 0.1) is 0 Å². The van der Waals surface area contributed by atoms with E-state index < -0.39 is 10.2 Å². The van der Waals surface area contributed by atoms with Gasteiger partial charge in [-0.05, 0) is 44.7 Å². The summed E-state index contributed by atoms with van der Waals surface area (Å²) in [5, 5.41) is 3.30. The van der Waals surface area contributed by atoms with Crippen molar-refractivity contribution in [3.63, 3.8) is 0 Å². The third kappa shape index (κ3) is 3.91. The van der Waals surface area contributed by atoms with Gasteiger partial charge in [-0.1, -0.05) is 6.42 Å². The summed E-state index contributed by atoms with van der Waals surface area (Å²) in [5.74, 6) is 0.448. The van der Waals surface area contributed by atoms with Crippen molar-refractivity contribution < 1.29 is 8.42 Å². The summed E-state index contributed by atoms with van der Waals surface area (Å²) in [6, 6.07) is 0. The van der Waals surface area contributed by atoms with Gasteiger partial charge in [0, 0.05) is 19.6 Å². The van der Waals surface area contributed by atoms with Gasteiger partial charge in [-0.25, -0.2) is 4.72 Å². The van der Waals surface area contributed by atoms with Crippen LogP contribution in [0.15, 0.2) is 0 Å². The van der Waals surface area contributed by atoms with Crippen molar-refractivity contribution in [3.05, 3.63) is 0 Å². The van der Waals surface area contributed by atoms with E-state index in [0.717, 1.165) is 45.2 Å². The van der Waals surface area contributed by atoms with E-state index in [-0.39, 0.29) is 0 Å². The van der Waals surface area contributed by atoms with Crippen molar-refractivity contribution in [2.24, 2.45) is 5.92 Å². The van der Waals surface area contributed by atoms with Gasteiger partial charge in [0.15, 0.2) is 0 Å². The number of hydrogen-bond donors (Lipinski definition) is 2. The van der Waals surface area contributed by atoms with Crippen LogP contribution in [0.5, 0.6) is 0 Å². The van der Waals surface area contributed by atoms with E-state index in [4.69, 9.17) is 0 Å². The molecule has 2 fully saturated rings. The first-order valence-electron chi connectivity index (χ1n) is 6.64. The molecule has 2 N–H and O–H groups in total. The third-order valence-corrected chi connectivity index (χ3v) is 5.18. The second kappa shape index (κ2) is 6.13. The first kappa shape index (κ1) is 13.3. The topological polar surface area (TPSA) is 61.4 Å². The minimum absolute atomic E-state index is 0.448. The third-order valence-electron chi connectivity index (χ3n) is 3.61. The first-order chi connectivity index (χ1) is 8.18. The summed E-state index contributed by atoms with van der Waals surface area (Å²) in [6.07, 6.45) is 5.40. The molecule has 2 aliphatic heterocycles. The van der Waals surface area contributed by atoms with Crippen molar-refractivity contribution in [1.29, 1.82) is 0 Å². The fraction of sp³-hybridized carbons (Fsp3) is 1.00. The molecule has 0 aromatic carbocycles. The lowest BCUT2D eigenvalue weighted by atomic mass is 10.0. The summed E-state index contributed by atoms with van der Waals surface area (Å²) in [5.41, 5.74) is 0. The number of rotatable bonds is 4. The highest BCUT2D eigenvalue weighted by Gasteiger charge is 2.24. The Morgan fingerprint density at radius 3 is 2.59 bits per heavy atom. The average Bonchev–Trinajstić information content (AvgIpc) is 2.39. The molecule has 2 rings (SSSR count). The van der Waals surface area contributed by atoms with Crippen LogP contribution in [0.25, 0.3) is 0 Å². The molecular formula is C11H23N3O2S. The van der Waals surface area contributed by atoms with Crippen LogP contribution >= 0.6 is 0 Å². The maximum Gasteiger partial charge on any atom is 0.279 e. The molecule has 0 saturated carbocycles. The van der Waals surface area contributed by atoms with Gasteiger partial charge in [-0.2, -0.15) is 12.7 Å². The highest BCUT2D eigenvalue weighted by atomic mass is 32.2. The van der Waals surface area contributed by atoms with Crippen LogP contribution in [0.3, 0.4) is 0 Å². The van der Waals surface area contributed by atoms with Crippen LogP contribution in [0.1, 0.15) is 32.1 Å². The number of nitrogens with one attached hydrogen (secondary N) is 2. The van der Waals surface area contributed by atoms with Gasteiger partial charge in [0.25, 0.3) is 10.2 Å². The minimum atomic E-state index is -3.23. The van der Waals surface area contributed by atoms with Crippen LogP contribution in [0.4, 0.5) is 0 Å². The average molecular weight is 261 g/mol. The largest absolute Gasteiger partial charge is 0.316 e. The quantitative estimate of drug-likeness (QED) is 0.765. The standard InChI is InChI=1S/C11H23N3O2S/c15-17(16,14-7-2-1-3-8-14)13-10-11-5-4-6-12-9-11/h11-13H,1-10H2. The number of hydrogen-bond acceptors (Lipinski definition) is 3. The van der Waals surface area contributed by atoms with Gasteiger partial charge in [0.2, 0.25) is 0 Å². The van der Waals surface area contributed by atoms with E-state index in [1.165, 1.54) is 0 Å². The maximum absolute atomic E-state index is 12.0. The molecule has 2 aliphatic rings. The molecule has 100 valence electrons. The molecule has 0 bridgehead atoms. The van der Waals surface area contributed by atoms with E-state index in [1.807, 2.05) is 0 Å². The smallest absolute Gasteiger partial charge is 0.279 e. The first-order valence-corrected chi connectivity index (χ1v) is 8.08. The molecule has 6 heteroatoms. The maximum atomic E-state index is 12.0. The molecule has 1 unspecified atom stereocenters. The summed E-state index contributed by atoms with van der Waals surface area (Å²) >= 11 is 0. The van der Waals surface area contributed by atoms with E-state index in [2.05, 4.69) is 10.0 Å². The van der Waals surface area contributed by atoms with Crippen molar-refractivity contribution in [3.8, 4) is 0 Å². The van der Waals surface area contributed by atoms with Gasteiger partial charge >= 0.3 is 0 Å². The molecule has 0 spiro atoms. The summed E-state index contributed by atoms with van der Waals surface area (Å²) in [6.45, 7) is 3.93. The molecule has 5 nitrogen and oxygen atoms in total. The highest BCUT2D eigenvalue weighted by molar-refractivity contribution is 7.87. The van der Waals surface area contributed by atoms with Crippen LogP contribution in [-0.2, 0) is 10.2 Å². The van der Waals surface area contributed by atoms with E-state index in [0.29, 0.717) is 25.6 Å². The fourth-order valence-electron chi connectivity index (χ4n) is 2.52. The lowest BCUT2D eigenvalue weighted by molar-refractivity contribution is 0.332. The molecule has 0 aromatic rings. The lowest BCUT2D eigenvalue weighted by Crippen LogP contribution is -2.46. The predicted octanol–water partition coefficient (Wildman–Crippen LogP) is 0.306. The number of nitrogens with zero attached hydrogens (tertiary/aromatic N) is 1. The Hall–Kier alpha value is -0.170. The second-order valence-corrected chi connectivity index (χ2v) is 6.78. The van der Waals surface area contributed by atoms with Crippen molar-refractivity contribution in [1.82, 2.24) is 14.3 Å². The Morgan fingerprint density at radius 1 is 1.18 bits per heavy atom. The van der Waals surface area contributed by atoms with E-state index in [1.54, 1.807) is 4.31 Å². The van der Waals surface area contributed by atoms with Crippen molar-refractivity contribution in [2.75, 3.05) is 32.7 Å². The summed E-state index contributed by atoms with van der Waals surface area (Å²) in [4.78, 5) is 0. The van der Waals surface area contributed by atoms with E-state index >= 15 is 0 Å². The van der Waals surface area contributed by atoms with E-state index in [9.17, 15) is 8.42 Å². The molecular weight excluding hydrogens is 238 g/mol. The highest BCUT2D eigenvalue weighted by Crippen LogP contribution is 2.13. The van der Waals surface area contributed by atoms with Gasteiger partial charge in [0.1, 0.15) is 0 Å². The van der Waals surface area contributed by atoms with Crippen molar-refractivity contribution in [2.45, 2.75) is 32.1 Å². The molecule has 0 radical (unpaired) electrons.